The Morgan fingerprint density at radius 3 is 2.22 bits per heavy atom. The number of aryl methyl sites for hydroxylation is 1. The fourth-order valence-corrected chi connectivity index (χ4v) is 2.90. The first-order valence-electron chi connectivity index (χ1n) is 7.92. The van der Waals surface area contributed by atoms with E-state index in [9.17, 15) is 5.26 Å². The van der Waals surface area contributed by atoms with Gasteiger partial charge in [-0.15, -0.1) is 0 Å². The van der Waals surface area contributed by atoms with Crippen molar-refractivity contribution >= 4 is 11.6 Å². The molecule has 2 aromatic carbocycles. The molecule has 0 spiro atoms. The Bertz CT molecular complexity index is 644. The zero-order chi connectivity index (χ0) is 16.7. The molecule has 0 radical (unpaired) electrons. The highest BCUT2D eigenvalue weighted by Gasteiger charge is 2.32. The molecule has 0 aliphatic rings. The Hall–Kier alpha value is -1.82. The fraction of sp³-hybridized carbons (Fsp3) is 0.350. The summed E-state index contributed by atoms with van der Waals surface area (Å²) < 4.78 is 0. The quantitative estimate of drug-likeness (QED) is 0.738. The van der Waals surface area contributed by atoms with Gasteiger partial charge in [0.2, 0.25) is 0 Å². The highest BCUT2D eigenvalue weighted by Crippen LogP contribution is 2.33. The van der Waals surface area contributed by atoms with Crippen LogP contribution in [0.1, 0.15) is 24.0 Å². The lowest BCUT2D eigenvalue weighted by Gasteiger charge is -2.29. The van der Waals surface area contributed by atoms with Crippen molar-refractivity contribution < 1.29 is 0 Å². The average Bonchev–Trinajstić information content (AvgIpc) is 2.57. The van der Waals surface area contributed by atoms with Gasteiger partial charge in [0.05, 0.1) is 11.5 Å². The molecule has 0 aliphatic carbocycles. The average molecular weight is 327 g/mol. The highest BCUT2D eigenvalue weighted by atomic mass is 35.5. The summed E-state index contributed by atoms with van der Waals surface area (Å²) in [5.41, 5.74) is 1.85. The van der Waals surface area contributed by atoms with Gasteiger partial charge in [0.25, 0.3) is 0 Å². The molecule has 0 fully saturated rings. The largest absolute Gasteiger partial charge is 0.309 e. The normalized spacial score (nSPS) is 13.5. The van der Waals surface area contributed by atoms with Gasteiger partial charge in [0.15, 0.2) is 0 Å². The Kier molecular flexibility index (Phi) is 6.21. The molecule has 0 aliphatic heterocycles. The van der Waals surface area contributed by atoms with Gasteiger partial charge in [-0.3, -0.25) is 0 Å². The molecule has 2 rings (SSSR count). The summed E-state index contributed by atoms with van der Waals surface area (Å²) >= 11 is 6.01. The second-order valence-electron chi connectivity index (χ2n) is 6.24. The molecule has 23 heavy (non-hydrogen) atoms. The lowest BCUT2D eigenvalue weighted by atomic mass is 9.74. The van der Waals surface area contributed by atoms with E-state index in [1.807, 2.05) is 56.6 Å². The predicted molar refractivity (Wildman–Crippen MR) is 96.7 cm³/mol. The van der Waals surface area contributed by atoms with Crippen molar-refractivity contribution in [3.8, 4) is 6.07 Å². The molecule has 0 aromatic heterocycles. The maximum absolute atomic E-state index is 9.99. The van der Waals surface area contributed by atoms with Crippen molar-refractivity contribution in [3.63, 3.8) is 0 Å². The van der Waals surface area contributed by atoms with Gasteiger partial charge in [-0.2, -0.15) is 5.26 Å². The van der Waals surface area contributed by atoms with Crippen molar-refractivity contribution in [3.05, 3.63) is 70.7 Å². The molecule has 0 saturated heterocycles. The minimum absolute atomic E-state index is 0.481. The van der Waals surface area contributed by atoms with Crippen molar-refractivity contribution in [2.24, 2.45) is 0 Å². The third-order valence-corrected chi connectivity index (χ3v) is 4.53. The third kappa shape index (κ3) is 4.82. The van der Waals surface area contributed by atoms with E-state index in [0.29, 0.717) is 5.02 Å². The second kappa shape index (κ2) is 8.15. The monoisotopic (exact) mass is 326 g/mol. The Morgan fingerprint density at radius 1 is 1.00 bits per heavy atom. The van der Waals surface area contributed by atoms with Crippen LogP contribution in [0, 0.1) is 11.3 Å². The molecule has 1 atom stereocenters. The van der Waals surface area contributed by atoms with E-state index in [-0.39, 0.29) is 0 Å². The van der Waals surface area contributed by atoms with Crippen molar-refractivity contribution in [2.45, 2.75) is 24.7 Å². The van der Waals surface area contributed by atoms with Crippen LogP contribution >= 0.6 is 11.6 Å². The minimum atomic E-state index is -0.481. The molecule has 3 heteroatoms. The van der Waals surface area contributed by atoms with E-state index < -0.39 is 5.41 Å². The molecular weight excluding hydrogens is 304 g/mol. The van der Waals surface area contributed by atoms with Gasteiger partial charge in [-0.1, -0.05) is 54.1 Å². The molecular formula is C20H23ClN2. The van der Waals surface area contributed by atoms with E-state index in [4.69, 9.17) is 11.6 Å². The molecule has 120 valence electrons. The maximum Gasteiger partial charge on any atom is 0.0837 e. The molecule has 0 amide bonds. The summed E-state index contributed by atoms with van der Waals surface area (Å²) in [6.07, 6.45) is 2.51. The second-order valence-corrected chi connectivity index (χ2v) is 6.68. The molecule has 0 heterocycles. The Labute approximate surface area is 144 Å². The van der Waals surface area contributed by atoms with E-state index in [2.05, 4.69) is 23.1 Å². The number of hydrogen-bond donors (Lipinski definition) is 0. The Morgan fingerprint density at radius 2 is 1.65 bits per heavy atom. The van der Waals surface area contributed by atoms with Crippen LogP contribution < -0.4 is 0 Å². The van der Waals surface area contributed by atoms with Crippen LogP contribution in [0.2, 0.25) is 5.02 Å². The number of hydrogen-bond acceptors (Lipinski definition) is 2. The molecule has 0 N–H and O–H groups in total. The first kappa shape index (κ1) is 17.5. The standard InChI is InChI=1S/C20H23ClN2/c1-23(2)15-14-20(16-22,18-8-10-19(21)11-9-18)13-12-17-6-4-3-5-7-17/h3-11H,12-15H2,1-2H3. The summed E-state index contributed by atoms with van der Waals surface area (Å²) in [5, 5.41) is 10.7. The molecule has 1 unspecified atom stereocenters. The number of nitriles is 1. The predicted octanol–water partition coefficient (Wildman–Crippen LogP) is 4.69. The van der Waals surface area contributed by atoms with Crippen LogP contribution in [-0.4, -0.2) is 25.5 Å². The van der Waals surface area contributed by atoms with Gasteiger partial charge in [-0.25, -0.2) is 0 Å². The van der Waals surface area contributed by atoms with Crippen molar-refractivity contribution in [1.82, 2.24) is 4.90 Å². The number of rotatable bonds is 7. The number of nitrogens with zero attached hydrogens (tertiary/aromatic N) is 2. The van der Waals surface area contributed by atoms with Crippen LogP contribution in [0.5, 0.6) is 0 Å². The van der Waals surface area contributed by atoms with E-state index >= 15 is 0 Å². The van der Waals surface area contributed by atoms with Crippen LogP contribution in [-0.2, 0) is 11.8 Å². The minimum Gasteiger partial charge on any atom is -0.309 e. The smallest absolute Gasteiger partial charge is 0.0837 e. The van der Waals surface area contributed by atoms with Gasteiger partial charge in [0, 0.05) is 5.02 Å². The molecule has 2 aromatic rings. The number of benzene rings is 2. The fourth-order valence-electron chi connectivity index (χ4n) is 2.78. The number of halogens is 1. The summed E-state index contributed by atoms with van der Waals surface area (Å²) in [6, 6.07) is 20.7. The van der Waals surface area contributed by atoms with Crippen LogP contribution in [0.3, 0.4) is 0 Å². The van der Waals surface area contributed by atoms with Gasteiger partial charge in [-0.05, 0) is 63.2 Å². The third-order valence-electron chi connectivity index (χ3n) is 4.28. The summed E-state index contributed by atoms with van der Waals surface area (Å²) in [6.45, 7) is 0.880. The maximum atomic E-state index is 9.99. The van der Waals surface area contributed by atoms with E-state index in [1.54, 1.807) is 0 Å². The molecule has 2 nitrogen and oxygen atoms in total. The molecule has 0 bridgehead atoms. The zero-order valence-electron chi connectivity index (χ0n) is 13.8. The van der Waals surface area contributed by atoms with Crippen molar-refractivity contribution in [1.29, 1.82) is 5.26 Å². The summed E-state index contributed by atoms with van der Waals surface area (Å²) in [7, 11) is 4.09. The SMILES string of the molecule is CN(C)CCC(C#N)(CCc1ccccc1)c1ccc(Cl)cc1. The van der Waals surface area contributed by atoms with Gasteiger partial charge < -0.3 is 4.90 Å². The first-order valence-corrected chi connectivity index (χ1v) is 8.29. The van der Waals surface area contributed by atoms with Gasteiger partial charge in [0.1, 0.15) is 0 Å². The van der Waals surface area contributed by atoms with Crippen molar-refractivity contribution in [2.75, 3.05) is 20.6 Å². The van der Waals surface area contributed by atoms with E-state index in [1.165, 1.54) is 5.56 Å². The van der Waals surface area contributed by atoms with Gasteiger partial charge >= 0.3 is 0 Å². The first-order chi connectivity index (χ1) is 11.1. The highest BCUT2D eigenvalue weighted by molar-refractivity contribution is 6.30. The summed E-state index contributed by atoms with van der Waals surface area (Å²) in [4.78, 5) is 2.13. The van der Waals surface area contributed by atoms with Crippen LogP contribution in [0.15, 0.2) is 54.6 Å². The van der Waals surface area contributed by atoms with E-state index in [0.717, 1.165) is 31.4 Å². The van der Waals surface area contributed by atoms with Crippen LogP contribution in [0.25, 0.3) is 0 Å². The lowest BCUT2D eigenvalue weighted by Crippen LogP contribution is -2.30. The topological polar surface area (TPSA) is 27.0 Å². The zero-order valence-corrected chi connectivity index (χ0v) is 14.6. The lowest BCUT2D eigenvalue weighted by molar-refractivity contribution is 0.342. The summed E-state index contributed by atoms with van der Waals surface area (Å²) in [5.74, 6) is 0. The Balaban J connectivity index is 2.25. The molecule has 0 saturated carbocycles. The van der Waals surface area contributed by atoms with Crippen LogP contribution in [0.4, 0.5) is 0 Å².